The molecule has 136 valence electrons. The molecule has 1 aliphatic rings. The lowest BCUT2D eigenvalue weighted by Crippen LogP contribution is -2.44. The molecule has 0 aromatic rings. The minimum absolute atomic E-state index is 0.0521. The highest BCUT2D eigenvalue weighted by Crippen LogP contribution is 2.33. The molecule has 0 amide bonds. The predicted molar refractivity (Wildman–Crippen MR) is 96.7 cm³/mol. The second-order valence-electron chi connectivity index (χ2n) is 7.76. The van der Waals surface area contributed by atoms with Crippen molar-refractivity contribution in [2.75, 3.05) is 12.9 Å². The summed E-state index contributed by atoms with van der Waals surface area (Å²) in [6.45, 7) is 8.68. The fourth-order valence-electron chi connectivity index (χ4n) is 3.11. The fourth-order valence-corrected chi connectivity index (χ4v) is 8.10. The van der Waals surface area contributed by atoms with Crippen LogP contribution in [0.15, 0.2) is 0 Å². The molecule has 1 rings (SSSR count). The van der Waals surface area contributed by atoms with Crippen LogP contribution in [-0.4, -0.2) is 51.7 Å². The van der Waals surface area contributed by atoms with E-state index in [1.807, 2.05) is 0 Å². The van der Waals surface area contributed by atoms with Crippen LogP contribution < -0.4 is 0 Å². The van der Waals surface area contributed by atoms with Crippen LogP contribution in [0.2, 0.25) is 25.7 Å². The number of hydrogen-bond donors (Lipinski definition) is 0. The molecule has 1 heterocycles. The Hall–Kier alpha value is -0.403. The summed E-state index contributed by atoms with van der Waals surface area (Å²) in [7, 11) is -3.38. The maximum atomic E-state index is 12.9. The van der Waals surface area contributed by atoms with Crippen molar-refractivity contribution in [3.05, 3.63) is 0 Å². The van der Waals surface area contributed by atoms with Crippen LogP contribution in [-0.2, 0) is 19.6 Å². The minimum atomic E-state index is -3.32. The van der Waals surface area contributed by atoms with Gasteiger partial charge in [-0.25, -0.2) is 8.42 Å². The van der Waals surface area contributed by atoms with Gasteiger partial charge in [-0.15, -0.1) is 0 Å². The van der Waals surface area contributed by atoms with E-state index in [1.54, 1.807) is 4.31 Å². The number of hydrogen-bond acceptors (Lipinski definition) is 4. The summed E-state index contributed by atoms with van der Waals surface area (Å²) >= 11 is 0. The Kier molecular flexibility index (Phi) is 7.74. The zero-order valence-corrected chi connectivity index (χ0v) is 17.1. The van der Waals surface area contributed by atoms with Gasteiger partial charge in [0.2, 0.25) is 10.0 Å². The molecule has 7 heteroatoms. The van der Waals surface area contributed by atoms with Gasteiger partial charge < -0.3 is 4.74 Å². The fraction of sp³-hybridized carbons (Fsp3) is 0.938. The van der Waals surface area contributed by atoms with Gasteiger partial charge in [0.1, 0.15) is 0 Å². The Labute approximate surface area is 142 Å². The third kappa shape index (κ3) is 6.55. The van der Waals surface area contributed by atoms with E-state index in [1.165, 1.54) is 7.11 Å². The third-order valence-corrected chi connectivity index (χ3v) is 8.58. The van der Waals surface area contributed by atoms with Crippen molar-refractivity contribution in [1.82, 2.24) is 4.31 Å². The number of carbonyl (C=O) groups excluding carboxylic acids is 1. The van der Waals surface area contributed by atoms with Crippen molar-refractivity contribution in [1.29, 1.82) is 0 Å². The van der Waals surface area contributed by atoms with E-state index < -0.39 is 18.1 Å². The molecule has 0 bridgehead atoms. The average Bonchev–Trinajstić information content (AvgIpc) is 2.85. The molecule has 0 aromatic carbocycles. The first kappa shape index (κ1) is 20.6. The zero-order valence-electron chi connectivity index (χ0n) is 15.3. The normalized spacial score (nSPS) is 23.2. The Morgan fingerprint density at radius 1 is 1.22 bits per heavy atom. The van der Waals surface area contributed by atoms with Crippen LogP contribution in [0.25, 0.3) is 0 Å². The highest BCUT2D eigenvalue weighted by atomic mass is 32.2. The van der Waals surface area contributed by atoms with Crippen molar-refractivity contribution < 1.29 is 17.9 Å². The lowest BCUT2D eigenvalue weighted by atomic mass is 10.1. The molecule has 1 saturated heterocycles. The standard InChI is InChI=1S/C16H33NO4SSi/c1-6-7-8-14-9-10-15(13-16(18)21-2)17(14)22(19,20)11-12-23(3,4)5/h14-15H,6-13H2,1-5H3/t14-,15-/m0/s1. The van der Waals surface area contributed by atoms with E-state index in [0.717, 1.165) is 38.1 Å². The Balaban J connectivity index is 2.91. The molecule has 0 radical (unpaired) electrons. The highest BCUT2D eigenvalue weighted by molar-refractivity contribution is 7.89. The monoisotopic (exact) mass is 363 g/mol. The molecular weight excluding hydrogens is 330 g/mol. The largest absolute Gasteiger partial charge is 0.469 e. The Morgan fingerprint density at radius 2 is 1.83 bits per heavy atom. The highest BCUT2D eigenvalue weighted by Gasteiger charge is 2.42. The first-order valence-electron chi connectivity index (χ1n) is 8.68. The number of carbonyl (C=O) groups is 1. The number of methoxy groups -OCH3 is 1. The quantitative estimate of drug-likeness (QED) is 0.466. The van der Waals surface area contributed by atoms with Gasteiger partial charge in [0, 0.05) is 20.2 Å². The lowest BCUT2D eigenvalue weighted by Gasteiger charge is -2.30. The number of rotatable bonds is 9. The smallest absolute Gasteiger partial charge is 0.307 e. The molecule has 5 nitrogen and oxygen atoms in total. The molecule has 23 heavy (non-hydrogen) atoms. The van der Waals surface area contributed by atoms with Gasteiger partial charge in [-0.05, 0) is 25.3 Å². The molecule has 1 aliphatic heterocycles. The molecule has 0 unspecified atom stereocenters. The third-order valence-electron chi connectivity index (χ3n) is 4.50. The Bertz CT molecular complexity index is 487. The van der Waals surface area contributed by atoms with E-state index in [0.29, 0.717) is 0 Å². The second-order valence-corrected chi connectivity index (χ2v) is 15.4. The lowest BCUT2D eigenvalue weighted by molar-refractivity contribution is -0.141. The summed E-state index contributed by atoms with van der Waals surface area (Å²) in [5.41, 5.74) is 0. The molecule has 0 saturated carbocycles. The first-order valence-corrected chi connectivity index (χ1v) is 14.0. The van der Waals surface area contributed by atoms with Gasteiger partial charge in [0.15, 0.2) is 0 Å². The number of ether oxygens (including phenoxy) is 1. The minimum Gasteiger partial charge on any atom is -0.469 e. The van der Waals surface area contributed by atoms with Crippen LogP contribution in [0.1, 0.15) is 45.4 Å². The number of nitrogens with zero attached hydrogens (tertiary/aromatic N) is 1. The summed E-state index contributed by atoms with van der Waals surface area (Å²) in [5.74, 6) is -0.111. The van der Waals surface area contributed by atoms with E-state index >= 15 is 0 Å². The van der Waals surface area contributed by atoms with E-state index in [2.05, 4.69) is 26.6 Å². The van der Waals surface area contributed by atoms with Gasteiger partial charge in [-0.1, -0.05) is 39.4 Å². The van der Waals surface area contributed by atoms with Crippen molar-refractivity contribution in [2.45, 2.75) is 83.2 Å². The van der Waals surface area contributed by atoms with Gasteiger partial charge in [-0.3, -0.25) is 4.79 Å². The molecule has 0 spiro atoms. The molecule has 1 fully saturated rings. The summed E-state index contributed by atoms with van der Waals surface area (Å²) in [6, 6.07) is 0.587. The summed E-state index contributed by atoms with van der Waals surface area (Å²) in [5, 5.41) is 0. The topological polar surface area (TPSA) is 63.7 Å². The van der Waals surface area contributed by atoms with Gasteiger partial charge in [0.05, 0.1) is 19.3 Å². The molecule has 0 aliphatic carbocycles. The number of esters is 1. The van der Waals surface area contributed by atoms with E-state index in [4.69, 9.17) is 4.74 Å². The van der Waals surface area contributed by atoms with Crippen LogP contribution >= 0.6 is 0 Å². The molecule has 0 aromatic heterocycles. The van der Waals surface area contributed by atoms with Crippen LogP contribution in [0.3, 0.4) is 0 Å². The number of sulfonamides is 1. The average molecular weight is 364 g/mol. The second kappa shape index (κ2) is 8.62. The summed E-state index contributed by atoms with van der Waals surface area (Å²) in [4.78, 5) is 11.6. The van der Waals surface area contributed by atoms with Gasteiger partial charge in [0.25, 0.3) is 0 Å². The SMILES string of the molecule is CCCC[C@H]1CC[C@@H](CC(=O)OC)N1S(=O)(=O)CC[Si](C)(C)C. The predicted octanol–water partition coefficient (Wildman–Crippen LogP) is 3.24. The van der Waals surface area contributed by atoms with Crippen molar-refractivity contribution in [3.8, 4) is 0 Å². The van der Waals surface area contributed by atoms with Crippen molar-refractivity contribution in [3.63, 3.8) is 0 Å². The molecular formula is C16H33NO4SSi. The number of unbranched alkanes of at least 4 members (excludes halogenated alkanes) is 1. The van der Waals surface area contributed by atoms with E-state index in [9.17, 15) is 13.2 Å². The molecule has 0 N–H and O–H groups in total. The van der Waals surface area contributed by atoms with Crippen molar-refractivity contribution >= 4 is 24.1 Å². The Morgan fingerprint density at radius 3 is 2.35 bits per heavy atom. The van der Waals surface area contributed by atoms with E-state index in [-0.39, 0.29) is 30.2 Å². The first-order chi connectivity index (χ1) is 10.6. The van der Waals surface area contributed by atoms with Crippen LogP contribution in [0.4, 0.5) is 0 Å². The van der Waals surface area contributed by atoms with Gasteiger partial charge in [-0.2, -0.15) is 4.31 Å². The summed E-state index contributed by atoms with van der Waals surface area (Å²) < 4.78 is 32.3. The van der Waals surface area contributed by atoms with Crippen LogP contribution in [0.5, 0.6) is 0 Å². The van der Waals surface area contributed by atoms with Crippen molar-refractivity contribution in [2.24, 2.45) is 0 Å². The maximum absolute atomic E-state index is 12.9. The maximum Gasteiger partial charge on any atom is 0.307 e. The van der Waals surface area contributed by atoms with Gasteiger partial charge >= 0.3 is 5.97 Å². The summed E-state index contributed by atoms with van der Waals surface area (Å²) in [6.07, 6.45) is 4.76. The van der Waals surface area contributed by atoms with Crippen LogP contribution in [0, 0.1) is 0 Å². The zero-order chi connectivity index (χ0) is 17.7. The molecule has 2 atom stereocenters.